The highest BCUT2D eigenvalue weighted by molar-refractivity contribution is 5.84. The van der Waals surface area contributed by atoms with E-state index in [1.165, 1.54) is 24.1 Å². The number of hydrogen-bond donors (Lipinski definition) is 2. The Hall–Kier alpha value is -3.92. The van der Waals surface area contributed by atoms with Gasteiger partial charge in [-0.3, -0.25) is 14.2 Å². The highest BCUT2D eigenvalue weighted by Gasteiger charge is 2.52. The van der Waals surface area contributed by atoms with Crippen LogP contribution in [0.2, 0.25) is 0 Å². The Bertz CT molecular complexity index is 1380. The largest absolute Gasteiger partial charge is 0.457 e. The first-order valence-electron chi connectivity index (χ1n) is 15.2. The number of carbonyl (C=O) groups is 2. The molecule has 3 aliphatic rings. The summed E-state index contributed by atoms with van der Waals surface area (Å²) in [6, 6.07) is 0.245. The predicted molar refractivity (Wildman–Crippen MR) is 153 cm³/mol. The van der Waals surface area contributed by atoms with Crippen molar-refractivity contribution < 1.29 is 23.8 Å². The van der Waals surface area contributed by atoms with Crippen LogP contribution in [0.4, 0.5) is 11.8 Å². The molecule has 0 aromatic carbocycles. The third kappa shape index (κ3) is 6.25. The van der Waals surface area contributed by atoms with E-state index in [2.05, 4.69) is 35.9 Å². The molecule has 2 aliphatic heterocycles. The van der Waals surface area contributed by atoms with Gasteiger partial charge in [0, 0.05) is 19.1 Å². The summed E-state index contributed by atoms with van der Waals surface area (Å²) in [7, 11) is 0. The van der Waals surface area contributed by atoms with Crippen molar-refractivity contribution in [1.82, 2.24) is 44.6 Å². The summed E-state index contributed by atoms with van der Waals surface area (Å²) < 4.78 is 18.9. The van der Waals surface area contributed by atoms with E-state index in [0.29, 0.717) is 48.5 Å². The number of anilines is 2. The minimum atomic E-state index is -1.03. The van der Waals surface area contributed by atoms with Crippen LogP contribution in [-0.4, -0.2) is 102 Å². The van der Waals surface area contributed by atoms with Crippen molar-refractivity contribution in [2.75, 3.05) is 36.8 Å². The van der Waals surface area contributed by atoms with Crippen LogP contribution in [0, 0.1) is 0 Å². The van der Waals surface area contributed by atoms with Gasteiger partial charge in [-0.2, -0.15) is 14.8 Å². The number of piperidine rings is 1. The van der Waals surface area contributed by atoms with E-state index < -0.39 is 24.5 Å². The van der Waals surface area contributed by atoms with Crippen molar-refractivity contribution in [2.45, 2.75) is 95.4 Å². The fourth-order valence-corrected chi connectivity index (χ4v) is 6.12. The van der Waals surface area contributed by atoms with Crippen molar-refractivity contribution in [1.29, 1.82) is 0 Å². The zero-order valence-electron chi connectivity index (χ0n) is 24.5. The zero-order chi connectivity index (χ0) is 29.8. The van der Waals surface area contributed by atoms with Gasteiger partial charge in [-0.05, 0) is 57.8 Å². The van der Waals surface area contributed by atoms with E-state index in [-0.39, 0.29) is 11.9 Å². The second-order valence-corrected chi connectivity index (χ2v) is 11.6. The third-order valence-electron chi connectivity index (χ3n) is 8.33. The number of hydrogen-bond acceptors (Lipinski definition) is 14. The van der Waals surface area contributed by atoms with Crippen LogP contribution in [0.3, 0.4) is 0 Å². The number of aromatic nitrogens is 8. The lowest BCUT2D eigenvalue weighted by molar-refractivity contribution is -0.151. The van der Waals surface area contributed by atoms with Crippen LogP contribution in [0.5, 0.6) is 0 Å². The summed E-state index contributed by atoms with van der Waals surface area (Å²) in [4.78, 5) is 41.3. The lowest BCUT2D eigenvalue weighted by atomic mass is 10.1. The lowest BCUT2D eigenvalue weighted by Gasteiger charge is -2.26. The van der Waals surface area contributed by atoms with Gasteiger partial charge in [0.05, 0.1) is 12.4 Å². The molecule has 3 fully saturated rings. The fraction of sp³-hybridized carbons (Fsp3) is 0.704. The molecule has 5 heterocycles. The molecule has 2 saturated heterocycles. The third-order valence-corrected chi connectivity index (χ3v) is 8.33. The quantitative estimate of drug-likeness (QED) is 0.273. The van der Waals surface area contributed by atoms with Crippen LogP contribution in [0.1, 0.15) is 83.0 Å². The summed E-state index contributed by atoms with van der Waals surface area (Å²) in [5.74, 6) is 1.28. The number of carbonyl (C=O) groups excluding carboxylic acids is 2. The molecule has 0 spiro atoms. The van der Waals surface area contributed by atoms with Crippen LogP contribution in [-0.2, 0) is 23.8 Å². The lowest BCUT2D eigenvalue weighted by Crippen LogP contribution is -2.34. The average molecular weight is 598 g/mol. The number of nitrogens with one attached hydrogen (secondary N) is 2. The molecule has 0 radical (unpaired) electrons. The molecule has 0 unspecified atom stereocenters. The van der Waals surface area contributed by atoms with E-state index in [4.69, 9.17) is 24.2 Å². The minimum absolute atomic E-state index is 0.0492. The predicted octanol–water partition coefficient (Wildman–Crippen LogP) is 2.00. The first-order chi connectivity index (χ1) is 21.1. The standard InChI is InChI=1S/C27H39N11O5/c1-17(2)38-34-24(33-35-38)21-20(41-15-39)22(42-16-40)26(43-21)37-14-29-19-23(30-18-8-4-5-9-18)31-27(32-25(19)37)28-10-13-36-11-6-3-7-12-36/h14-18,20-22,26H,3-13H2,1-2H3,(H2,28,30,31,32)/t20-,21-,22+,26+/m0/s1. The molecule has 1 aliphatic carbocycles. The molecule has 232 valence electrons. The highest BCUT2D eigenvalue weighted by Crippen LogP contribution is 2.42. The summed E-state index contributed by atoms with van der Waals surface area (Å²) in [5, 5.41) is 19.6. The molecule has 6 rings (SSSR count). The number of ether oxygens (including phenoxy) is 3. The van der Waals surface area contributed by atoms with Gasteiger partial charge < -0.3 is 29.7 Å². The number of tetrazole rings is 1. The summed E-state index contributed by atoms with van der Waals surface area (Å²) >= 11 is 0. The van der Waals surface area contributed by atoms with Crippen molar-refractivity contribution in [3.8, 4) is 0 Å². The van der Waals surface area contributed by atoms with E-state index in [1.54, 1.807) is 10.9 Å². The van der Waals surface area contributed by atoms with Gasteiger partial charge in [-0.25, -0.2) is 4.98 Å². The van der Waals surface area contributed by atoms with Crippen molar-refractivity contribution in [3.63, 3.8) is 0 Å². The van der Waals surface area contributed by atoms with E-state index in [0.717, 1.165) is 45.3 Å². The van der Waals surface area contributed by atoms with Crippen LogP contribution < -0.4 is 10.6 Å². The Morgan fingerprint density at radius 1 is 1.05 bits per heavy atom. The first-order valence-corrected chi connectivity index (χ1v) is 15.2. The maximum Gasteiger partial charge on any atom is 0.293 e. The molecule has 4 atom stereocenters. The number of nitrogens with zero attached hydrogens (tertiary/aromatic N) is 9. The highest BCUT2D eigenvalue weighted by atomic mass is 16.6. The first kappa shape index (κ1) is 29.2. The Kier molecular flexibility index (Phi) is 8.92. The number of likely N-dealkylation sites (tertiary alicyclic amines) is 1. The second-order valence-electron chi connectivity index (χ2n) is 11.6. The van der Waals surface area contributed by atoms with E-state index in [9.17, 15) is 9.59 Å². The molecule has 3 aromatic heterocycles. The Labute approximate surface area is 248 Å². The van der Waals surface area contributed by atoms with Gasteiger partial charge in [0.2, 0.25) is 11.8 Å². The van der Waals surface area contributed by atoms with E-state index >= 15 is 0 Å². The summed E-state index contributed by atoms with van der Waals surface area (Å²) in [6.45, 7) is 8.20. The van der Waals surface area contributed by atoms with Gasteiger partial charge in [0.1, 0.15) is 0 Å². The number of fused-ring (bicyclic) bond motifs is 1. The summed E-state index contributed by atoms with van der Waals surface area (Å²) in [6.07, 6.45) is 5.77. The van der Waals surface area contributed by atoms with Gasteiger partial charge in [0.25, 0.3) is 12.9 Å². The average Bonchev–Trinajstić information content (AvgIpc) is 3.82. The molecule has 0 amide bonds. The van der Waals surface area contributed by atoms with Crippen LogP contribution in [0.15, 0.2) is 6.33 Å². The van der Waals surface area contributed by atoms with Crippen molar-refractivity contribution in [3.05, 3.63) is 12.2 Å². The second kappa shape index (κ2) is 13.2. The van der Waals surface area contributed by atoms with Gasteiger partial charge in [-0.1, -0.05) is 19.3 Å². The Morgan fingerprint density at radius 3 is 2.53 bits per heavy atom. The van der Waals surface area contributed by atoms with Crippen molar-refractivity contribution >= 4 is 35.9 Å². The molecule has 3 aromatic rings. The Morgan fingerprint density at radius 2 is 1.81 bits per heavy atom. The SMILES string of the molecule is CC(C)n1nnc([C@H]2O[C@@H](n3cnc4c(NC5CCCC5)nc(NCCN5CCCCC5)nc43)[C@H](OC=O)[C@H]2OC=O)n1. The monoisotopic (exact) mass is 597 g/mol. The smallest absolute Gasteiger partial charge is 0.293 e. The molecular formula is C27H39N11O5. The van der Waals surface area contributed by atoms with Gasteiger partial charge in [-0.15, -0.1) is 10.2 Å². The maximum absolute atomic E-state index is 11.6. The molecule has 16 nitrogen and oxygen atoms in total. The Balaban J connectivity index is 1.33. The van der Waals surface area contributed by atoms with E-state index in [1.807, 2.05) is 13.8 Å². The van der Waals surface area contributed by atoms with Crippen LogP contribution in [0.25, 0.3) is 11.2 Å². The zero-order valence-corrected chi connectivity index (χ0v) is 24.5. The normalized spacial score (nSPS) is 24.9. The summed E-state index contributed by atoms with van der Waals surface area (Å²) in [5.41, 5.74) is 1.03. The topological polar surface area (TPSA) is 176 Å². The van der Waals surface area contributed by atoms with Crippen molar-refractivity contribution in [2.24, 2.45) is 0 Å². The number of rotatable bonds is 13. The number of imidazole rings is 1. The van der Waals surface area contributed by atoms with Gasteiger partial charge in [0.15, 0.2) is 41.5 Å². The molecule has 0 bridgehead atoms. The minimum Gasteiger partial charge on any atom is -0.457 e. The molecule has 2 N–H and O–H groups in total. The molecular weight excluding hydrogens is 558 g/mol. The maximum atomic E-state index is 11.6. The van der Waals surface area contributed by atoms with Gasteiger partial charge >= 0.3 is 0 Å². The van der Waals surface area contributed by atoms with Crippen LogP contribution >= 0.6 is 0 Å². The molecule has 43 heavy (non-hydrogen) atoms. The fourth-order valence-electron chi connectivity index (χ4n) is 6.12. The molecule has 16 heteroatoms. The molecule has 1 saturated carbocycles.